The lowest BCUT2D eigenvalue weighted by molar-refractivity contribution is 0.249. The normalized spacial score (nSPS) is 16.4. The van der Waals surface area contributed by atoms with Gasteiger partial charge in [0.25, 0.3) is 0 Å². The van der Waals surface area contributed by atoms with E-state index in [2.05, 4.69) is 17.0 Å². The fourth-order valence-electron chi connectivity index (χ4n) is 3.27. The zero-order chi connectivity index (χ0) is 19.7. The highest BCUT2D eigenvalue weighted by Gasteiger charge is 2.24. The third-order valence-corrected chi connectivity index (χ3v) is 6.96. The molecular formula is C19H24N2O4S2. The summed E-state index contributed by atoms with van der Waals surface area (Å²) in [6.45, 7) is 3.86. The molecule has 0 amide bonds. The van der Waals surface area contributed by atoms with E-state index in [4.69, 9.17) is 0 Å². The van der Waals surface area contributed by atoms with E-state index in [1.807, 2.05) is 23.1 Å². The van der Waals surface area contributed by atoms with Crippen molar-refractivity contribution in [3.63, 3.8) is 0 Å². The molecule has 0 aromatic heterocycles. The van der Waals surface area contributed by atoms with Gasteiger partial charge in [0.15, 0.2) is 19.7 Å². The lowest BCUT2D eigenvalue weighted by atomic mass is 10.2. The quantitative estimate of drug-likeness (QED) is 0.751. The first-order valence-corrected chi connectivity index (χ1v) is 12.5. The first kappa shape index (κ1) is 19.9. The lowest BCUT2D eigenvalue weighted by Gasteiger charge is -2.37. The SMILES string of the molecule is CS(=O)(=O)c1ccc(N2CCN(Cc3ccccc3)CC2)c(S(C)(=O)=O)c1. The zero-order valence-electron chi connectivity index (χ0n) is 15.5. The summed E-state index contributed by atoms with van der Waals surface area (Å²) in [6.07, 6.45) is 2.19. The maximum Gasteiger partial charge on any atom is 0.177 e. The van der Waals surface area contributed by atoms with Gasteiger partial charge in [0.1, 0.15) is 0 Å². The smallest absolute Gasteiger partial charge is 0.177 e. The predicted molar refractivity (Wildman–Crippen MR) is 107 cm³/mol. The van der Waals surface area contributed by atoms with Gasteiger partial charge in [0.2, 0.25) is 0 Å². The molecule has 1 saturated heterocycles. The Bertz CT molecular complexity index is 1010. The van der Waals surface area contributed by atoms with Crippen molar-refractivity contribution in [1.82, 2.24) is 4.90 Å². The maximum absolute atomic E-state index is 12.2. The van der Waals surface area contributed by atoms with E-state index in [9.17, 15) is 16.8 Å². The monoisotopic (exact) mass is 408 g/mol. The Morgan fingerprint density at radius 3 is 2.00 bits per heavy atom. The van der Waals surface area contributed by atoms with Crippen LogP contribution in [0, 0.1) is 0 Å². The second-order valence-corrected chi connectivity index (χ2v) is 10.9. The molecule has 27 heavy (non-hydrogen) atoms. The summed E-state index contributed by atoms with van der Waals surface area (Å²) in [7, 11) is -7.02. The molecule has 1 aliphatic rings. The minimum Gasteiger partial charge on any atom is -0.368 e. The topological polar surface area (TPSA) is 74.8 Å². The van der Waals surface area contributed by atoms with E-state index in [-0.39, 0.29) is 9.79 Å². The molecule has 146 valence electrons. The Morgan fingerprint density at radius 1 is 0.815 bits per heavy atom. The standard InChI is InChI=1S/C19H24N2O4S2/c1-26(22,23)17-8-9-18(19(14-17)27(2,24)25)21-12-10-20(11-13-21)15-16-6-4-3-5-7-16/h3-9,14H,10-13,15H2,1-2H3. The summed E-state index contributed by atoms with van der Waals surface area (Å²) < 4.78 is 48.1. The summed E-state index contributed by atoms with van der Waals surface area (Å²) in [5.41, 5.74) is 1.82. The Labute approximate surface area is 161 Å². The van der Waals surface area contributed by atoms with E-state index in [1.54, 1.807) is 6.07 Å². The summed E-state index contributed by atoms with van der Waals surface area (Å²) in [6, 6.07) is 14.6. The van der Waals surface area contributed by atoms with Crippen LogP contribution in [0.4, 0.5) is 5.69 Å². The largest absolute Gasteiger partial charge is 0.368 e. The molecule has 6 nitrogen and oxygen atoms in total. The van der Waals surface area contributed by atoms with Crippen LogP contribution in [0.15, 0.2) is 58.3 Å². The minimum atomic E-state index is -3.55. The number of hydrogen-bond donors (Lipinski definition) is 0. The van der Waals surface area contributed by atoms with Crippen LogP contribution in [0.25, 0.3) is 0 Å². The number of hydrogen-bond acceptors (Lipinski definition) is 6. The third-order valence-electron chi connectivity index (χ3n) is 4.72. The van der Waals surface area contributed by atoms with Crippen LogP contribution in [-0.2, 0) is 26.2 Å². The number of sulfone groups is 2. The first-order chi connectivity index (χ1) is 12.6. The molecule has 0 radical (unpaired) electrons. The van der Waals surface area contributed by atoms with Crippen molar-refractivity contribution in [2.24, 2.45) is 0 Å². The van der Waals surface area contributed by atoms with Crippen molar-refractivity contribution in [2.45, 2.75) is 16.3 Å². The van der Waals surface area contributed by atoms with Crippen LogP contribution in [0.1, 0.15) is 5.56 Å². The van der Waals surface area contributed by atoms with Crippen molar-refractivity contribution in [3.8, 4) is 0 Å². The highest BCUT2D eigenvalue weighted by molar-refractivity contribution is 7.91. The lowest BCUT2D eigenvalue weighted by Crippen LogP contribution is -2.46. The van der Waals surface area contributed by atoms with Crippen LogP contribution >= 0.6 is 0 Å². The second kappa shape index (κ2) is 7.61. The molecule has 0 saturated carbocycles. The van der Waals surface area contributed by atoms with Crippen LogP contribution in [0.5, 0.6) is 0 Å². The molecule has 0 aliphatic carbocycles. The molecule has 0 atom stereocenters. The molecule has 1 aliphatic heterocycles. The van der Waals surface area contributed by atoms with Crippen molar-refractivity contribution in [2.75, 3.05) is 43.6 Å². The van der Waals surface area contributed by atoms with E-state index in [1.165, 1.54) is 17.7 Å². The van der Waals surface area contributed by atoms with E-state index in [0.717, 1.165) is 32.1 Å². The van der Waals surface area contributed by atoms with Crippen LogP contribution in [0.2, 0.25) is 0 Å². The van der Waals surface area contributed by atoms with Gasteiger partial charge in [-0.1, -0.05) is 30.3 Å². The highest BCUT2D eigenvalue weighted by Crippen LogP contribution is 2.29. The third kappa shape index (κ3) is 4.88. The van der Waals surface area contributed by atoms with Crippen LogP contribution < -0.4 is 4.90 Å². The van der Waals surface area contributed by atoms with Gasteiger partial charge in [0.05, 0.1) is 15.5 Å². The number of nitrogens with zero attached hydrogens (tertiary/aromatic N) is 2. The molecule has 0 spiro atoms. The number of anilines is 1. The summed E-state index contributed by atoms with van der Waals surface area (Å²) >= 11 is 0. The maximum atomic E-state index is 12.2. The van der Waals surface area contributed by atoms with E-state index < -0.39 is 19.7 Å². The fourth-order valence-corrected chi connectivity index (χ4v) is 4.91. The van der Waals surface area contributed by atoms with Crippen molar-refractivity contribution < 1.29 is 16.8 Å². The average molecular weight is 409 g/mol. The Hall–Kier alpha value is -1.90. The Balaban J connectivity index is 1.79. The van der Waals surface area contributed by atoms with E-state index >= 15 is 0 Å². The number of rotatable bonds is 5. The van der Waals surface area contributed by atoms with Crippen LogP contribution in [-0.4, -0.2) is 60.4 Å². The van der Waals surface area contributed by atoms with Gasteiger partial charge in [-0.05, 0) is 23.8 Å². The second-order valence-electron chi connectivity index (χ2n) is 6.92. The summed E-state index contributed by atoms with van der Waals surface area (Å²) in [5.74, 6) is 0. The fraction of sp³-hybridized carbons (Fsp3) is 0.368. The molecule has 1 fully saturated rings. The molecule has 2 aromatic rings. The van der Waals surface area contributed by atoms with Gasteiger partial charge in [-0.2, -0.15) is 0 Å². The van der Waals surface area contributed by atoms with Crippen LogP contribution in [0.3, 0.4) is 0 Å². The van der Waals surface area contributed by atoms with Gasteiger partial charge in [-0.3, -0.25) is 4.90 Å². The van der Waals surface area contributed by atoms with Gasteiger partial charge < -0.3 is 4.90 Å². The molecule has 0 bridgehead atoms. The molecule has 2 aromatic carbocycles. The van der Waals surface area contributed by atoms with Gasteiger partial charge in [0, 0.05) is 45.2 Å². The zero-order valence-corrected chi connectivity index (χ0v) is 17.1. The predicted octanol–water partition coefficient (Wildman–Crippen LogP) is 1.82. The van der Waals surface area contributed by atoms with Gasteiger partial charge in [-0.15, -0.1) is 0 Å². The van der Waals surface area contributed by atoms with Crippen molar-refractivity contribution in [1.29, 1.82) is 0 Å². The average Bonchev–Trinajstić information content (AvgIpc) is 2.61. The van der Waals surface area contributed by atoms with Crippen molar-refractivity contribution >= 4 is 25.4 Å². The first-order valence-electron chi connectivity index (χ1n) is 8.70. The van der Waals surface area contributed by atoms with Gasteiger partial charge in [-0.25, -0.2) is 16.8 Å². The summed E-state index contributed by atoms with van der Waals surface area (Å²) in [5, 5.41) is 0. The summed E-state index contributed by atoms with van der Waals surface area (Å²) in [4.78, 5) is 4.44. The van der Waals surface area contributed by atoms with E-state index in [0.29, 0.717) is 18.8 Å². The Kier molecular flexibility index (Phi) is 5.60. The molecule has 1 heterocycles. The number of piperazine rings is 1. The molecule has 3 rings (SSSR count). The minimum absolute atomic E-state index is 0.0226. The van der Waals surface area contributed by atoms with Crippen molar-refractivity contribution in [3.05, 3.63) is 54.1 Å². The Morgan fingerprint density at radius 2 is 1.44 bits per heavy atom. The molecule has 0 unspecified atom stereocenters. The highest BCUT2D eigenvalue weighted by atomic mass is 32.2. The van der Waals surface area contributed by atoms with Gasteiger partial charge >= 0.3 is 0 Å². The molecule has 0 N–H and O–H groups in total. The molecule has 8 heteroatoms. The number of benzene rings is 2. The molecular weight excluding hydrogens is 384 g/mol.